The average molecular weight is 314 g/mol. The summed E-state index contributed by atoms with van der Waals surface area (Å²) < 4.78 is 13.1. The fourth-order valence-electron chi connectivity index (χ4n) is 2.13. The van der Waals surface area contributed by atoms with E-state index >= 15 is 0 Å². The van der Waals surface area contributed by atoms with Crippen molar-refractivity contribution in [3.63, 3.8) is 0 Å². The molecule has 1 aromatic carbocycles. The third-order valence-corrected chi connectivity index (χ3v) is 3.62. The van der Waals surface area contributed by atoms with Crippen molar-refractivity contribution in [2.75, 3.05) is 11.9 Å². The van der Waals surface area contributed by atoms with Crippen LogP contribution in [0.2, 0.25) is 0 Å². The summed E-state index contributed by atoms with van der Waals surface area (Å²) in [5.74, 6) is 0.984. The van der Waals surface area contributed by atoms with Crippen LogP contribution in [-0.4, -0.2) is 35.2 Å². The molecule has 0 amide bonds. The van der Waals surface area contributed by atoms with Crippen LogP contribution in [0.5, 0.6) is 0 Å². The minimum atomic E-state index is -1.50. The quantitative estimate of drug-likeness (QED) is 0.833. The van der Waals surface area contributed by atoms with Crippen LogP contribution in [0.1, 0.15) is 19.4 Å². The predicted molar refractivity (Wildman–Crippen MR) is 92.4 cm³/mol. The maximum absolute atomic E-state index is 13.1. The van der Waals surface area contributed by atoms with Crippen molar-refractivity contribution in [1.82, 2.24) is 4.98 Å². The van der Waals surface area contributed by atoms with Gasteiger partial charge in [0, 0.05) is 24.8 Å². The number of pyridine rings is 1. The zero-order chi connectivity index (χ0) is 17.0. The Kier molecular flexibility index (Phi) is 5.52. The monoisotopic (exact) mass is 314 g/mol. The van der Waals surface area contributed by atoms with E-state index in [0.29, 0.717) is 0 Å². The maximum Gasteiger partial charge on any atom is 0.480 e. The third kappa shape index (κ3) is 4.40. The van der Waals surface area contributed by atoms with Crippen LogP contribution < -0.4 is 4.90 Å². The van der Waals surface area contributed by atoms with Crippen LogP contribution in [0.3, 0.4) is 0 Å². The van der Waals surface area contributed by atoms with Crippen LogP contribution in [0.4, 0.5) is 10.1 Å². The summed E-state index contributed by atoms with van der Waals surface area (Å²) in [4.78, 5) is 6.55. The highest BCUT2D eigenvalue weighted by Gasteiger charge is 2.14. The van der Waals surface area contributed by atoms with Gasteiger partial charge in [0.15, 0.2) is 0 Å². The van der Waals surface area contributed by atoms with Gasteiger partial charge in [0.1, 0.15) is 5.82 Å². The molecule has 0 aliphatic carbocycles. The zero-order valence-electron chi connectivity index (χ0n) is 13.4. The van der Waals surface area contributed by atoms with Gasteiger partial charge in [0.2, 0.25) is 0 Å². The lowest BCUT2D eigenvalue weighted by molar-refractivity contribution is 0.424. The van der Waals surface area contributed by atoms with E-state index in [2.05, 4.69) is 23.7 Å². The van der Waals surface area contributed by atoms with E-state index in [1.807, 2.05) is 13.1 Å². The Bertz CT molecular complexity index is 687. The van der Waals surface area contributed by atoms with Crippen molar-refractivity contribution in [2.45, 2.75) is 19.9 Å². The number of hydrogen-bond donors (Lipinski definition) is 2. The minimum absolute atomic E-state index is 0.249. The third-order valence-electron chi connectivity index (χ3n) is 3.62. The number of hydrogen-bond acceptors (Lipinski definition) is 4. The van der Waals surface area contributed by atoms with Gasteiger partial charge in [-0.05, 0) is 49.7 Å². The molecule has 2 aromatic rings. The summed E-state index contributed by atoms with van der Waals surface area (Å²) >= 11 is 0. The molecular formula is C17H20BFN2O2. The summed E-state index contributed by atoms with van der Waals surface area (Å²) in [7, 11) is 0.460. The van der Waals surface area contributed by atoms with Gasteiger partial charge in [0.25, 0.3) is 0 Å². The molecule has 120 valence electrons. The zero-order valence-corrected chi connectivity index (χ0v) is 13.4. The molecule has 0 radical (unpaired) electrons. The first-order chi connectivity index (χ1) is 10.9. The predicted octanol–water partition coefficient (Wildman–Crippen LogP) is 2.76. The molecule has 0 saturated heterocycles. The molecule has 6 heteroatoms. The van der Waals surface area contributed by atoms with Gasteiger partial charge in [-0.15, -0.1) is 0 Å². The van der Waals surface area contributed by atoms with E-state index in [-0.39, 0.29) is 11.9 Å². The number of anilines is 1. The summed E-state index contributed by atoms with van der Waals surface area (Å²) in [6.07, 6.45) is 3.25. The molecule has 4 nitrogen and oxygen atoms in total. The van der Waals surface area contributed by atoms with E-state index in [1.54, 1.807) is 24.4 Å². The Hall–Kier alpha value is -2.18. The highest BCUT2D eigenvalue weighted by molar-refractivity contribution is 6.48. The second-order valence-corrected chi connectivity index (χ2v) is 5.62. The largest absolute Gasteiger partial charge is 0.480 e. The Balaban J connectivity index is 2.50. The lowest BCUT2D eigenvalue weighted by Crippen LogP contribution is -2.26. The number of aromatic nitrogens is 1. The molecule has 2 rings (SSSR count). The molecular weight excluding hydrogens is 294 g/mol. The molecule has 0 saturated carbocycles. The van der Waals surface area contributed by atoms with Gasteiger partial charge in [-0.3, -0.25) is 4.98 Å². The molecule has 0 aliphatic heterocycles. The molecule has 0 bridgehead atoms. The number of halogens is 1. The van der Waals surface area contributed by atoms with Gasteiger partial charge in [-0.25, -0.2) is 4.39 Å². The topological polar surface area (TPSA) is 56.6 Å². The minimum Gasteiger partial charge on any atom is -0.424 e. The van der Waals surface area contributed by atoms with E-state index in [4.69, 9.17) is 10.0 Å². The maximum atomic E-state index is 13.1. The molecule has 1 heterocycles. The smallest absolute Gasteiger partial charge is 0.424 e. The van der Waals surface area contributed by atoms with Crippen LogP contribution in [0, 0.1) is 5.82 Å². The Morgan fingerprint density at radius 3 is 2.43 bits per heavy atom. The van der Waals surface area contributed by atoms with Crippen molar-refractivity contribution in [1.29, 1.82) is 0 Å². The molecule has 0 spiro atoms. The molecule has 0 unspecified atom stereocenters. The number of benzene rings is 1. The summed E-state index contributed by atoms with van der Waals surface area (Å²) in [6, 6.07) is 8.38. The summed E-state index contributed by atoms with van der Waals surface area (Å²) in [5, 5.41) is 17.9. The highest BCUT2D eigenvalue weighted by Crippen LogP contribution is 2.30. The van der Waals surface area contributed by atoms with Crippen molar-refractivity contribution in [3.8, 4) is 11.3 Å². The summed E-state index contributed by atoms with van der Waals surface area (Å²) in [5.41, 5.74) is 3.22. The lowest BCUT2D eigenvalue weighted by Gasteiger charge is -2.26. The Labute approximate surface area is 136 Å². The highest BCUT2D eigenvalue weighted by atomic mass is 19.1. The fraction of sp³-hybridized carbons (Fsp3) is 0.235. The van der Waals surface area contributed by atoms with E-state index in [0.717, 1.165) is 22.5 Å². The van der Waals surface area contributed by atoms with Crippen LogP contribution in [0.15, 0.2) is 42.5 Å². The van der Waals surface area contributed by atoms with Crippen LogP contribution >= 0.6 is 0 Å². The number of rotatable bonds is 5. The van der Waals surface area contributed by atoms with Crippen LogP contribution in [0.25, 0.3) is 17.3 Å². The van der Waals surface area contributed by atoms with Gasteiger partial charge in [-0.1, -0.05) is 12.1 Å². The van der Waals surface area contributed by atoms with Crippen molar-refractivity contribution < 1.29 is 14.4 Å². The second-order valence-electron chi connectivity index (χ2n) is 5.62. The normalized spacial score (nSPS) is 11.3. The first-order valence-corrected chi connectivity index (χ1v) is 7.41. The van der Waals surface area contributed by atoms with E-state index in [9.17, 15) is 4.39 Å². The first kappa shape index (κ1) is 17.2. The molecule has 1 aromatic heterocycles. The van der Waals surface area contributed by atoms with Crippen LogP contribution in [-0.2, 0) is 0 Å². The van der Waals surface area contributed by atoms with E-state index in [1.165, 1.54) is 18.1 Å². The Morgan fingerprint density at radius 2 is 1.87 bits per heavy atom. The SMILES string of the molecule is CC(C)N(C)c1cc(/C=C/B(O)O)cnc1-c1ccc(F)cc1. The first-order valence-electron chi connectivity index (χ1n) is 7.41. The molecule has 0 fully saturated rings. The Morgan fingerprint density at radius 1 is 1.22 bits per heavy atom. The van der Waals surface area contributed by atoms with E-state index < -0.39 is 7.12 Å². The standard InChI is InChI=1S/C17H20BFN2O2/c1-12(2)21(3)16-10-13(8-9-18(22)23)11-20-17(16)14-4-6-15(19)7-5-14/h4-12,22-23H,1-3H3/b9-8+. The van der Waals surface area contributed by atoms with Gasteiger partial charge < -0.3 is 14.9 Å². The average Bonchev–Trinajstić information content (AvgIpc) is 2.52. The second kappa shape index (κ2) is 7.39. The molecule has 0 atom stereocenters. The molecule has 2 N–H and O–H groups in total. The molecule has 0 aliphatic rings. The van der Waals surface area contributed by atoms with Crippen molar-refractivity contribution >= 4 is 18.9 Å². The fourth-order valence-corrected chi connectivity index (χ4v) is 2.13. The lowest BCUT2D eigenvalue weighted by atomic mass is 9.91. The van der Waals surface area contributed by atoms with Crippen molar-refractivity contribution in [2.24, 2.45) is 0 Å². The van der Waals surface area contributed by atoms with Gasteiger partial charge >= 0.3 is 7.12 Å². The van der Waals surface area contributed by atoms with Gasteiger partial charge in [0.05, 0.1) is 11.4 Å². The molecule has 23 heavy (non-hydrogen) atoms. The van der Waals surface area contributed by atoms with Gasteiger partial charge in [-0.2, -0.15) is 0 Å². The number of nitrogens with zero attached hydrogens (tertiary/aromatic N) is 2. The summed E-state index contributed by atoms with van der Waals surface area (Å²) in [6.45, 7) is 4.13. The van der Waals surface area contributed by atoms with Crippen molar-refractivity contribution in [3.05, 3.63) is 53.9 Å².